The molecule has 0 amide bonds. The van der Waals surface area contributed by atoms with Crippen molar-refractivity contribution in [1.29, 1.82) is 0 Å². The molecule has 2 aromatic carbocycles. The smallest absolute Gasteiger partial charge is 0.240 e. The summed E-state index contributed by atoms with van der Waals surface area (Å²) in [4.78, 5) is 0.699. The second-order valence-corrected chi connectivity index (χ2v) is 5.55. The summed E-state index contributed by atoms with van der Waals surface area (Å²) in [6.07, 6.45) is 0. The molecule has 2 nitrogen and oxygen atoms in total. The van der Waals surface area contributed by atoms with Crippen molar-refractivity contribution in [2.75, 3.05) is 0 Å². The largest absolute Gasteiger partial charge is 0.397 e. The highest BCUT2D eigenvalue weighted by atomic mass is 35.5. The minimum Gasteiger partial charge on any atom is -0.397 e. The van der Waals surface area contributed by atoms with Crippen molar-refractivity contribution in [2.45, 2.75) is 18.7 Å². The van der Waals surface area contributed by atoms with Gasteiger partial charge in [0.25, 0.3) is 0 Å². The summed E-state index contributed by atoms with van der Waals surface area (Å²) in [7, 11) is 0. The van der Waals surface area contributed by atoms with Crippen molar-refractivity contribution in [2.24, 2.45) is 0 Å². The Morgan fingerprint density at radius 3 is 2.39 bits per heavy atom. The van der Waals surface area contributed by atoms with Gasteiger partial charge in [0.05, 0.1) is 4.90 Å². The molecule has 1 atom stereocenters. The third-order valence-electron chi connectivity index (χ3n) is 2.51. The van der Waals surface area contributed by atoms with E-state index >= 15 is 0 Å². The zero-order valence-corrected chi connectivity index (χ0v) is 11.7. The van der Waals surface area contributed by atoms with E-state index in [4.69, 9.17) is 15.8 Å². The van der Waals surface area contributed by atoms with Gasteiger partial charge in [0.15, 0.2) is 0 Å². The van der Waals surface area contributed by atoms with Crippen molar-refractivity contribution in [1.82, 2.24) is 0 Å². The number of hydrogen-bond acceptors (Lipinski definition) is 2. The highest BCUT2D eigenvalue weighted by molar-refractivity contribution is 7.80. The van der Waals surface area contributed by atoms with E-state index in [1.54, 1.807) is 24.3 Å². The lowest BCUT2D eigenvalue weighted by Gasteiger charge is -2.08. The van der Waals surface area contributed by atoms with Crippen LogP contribution >= 0.6 is 11.6 Å². The van der Waals surface area contributed by atoms with Crippen molar-refractivity contribution in [3.05, 3.63) is 58.6 Å². The van der Waals surface area contributed by atoms with Crippen molar-refractivity contribution in [3.8, 4) is 5.75 Å². The van der Waals surface area contributed by atoms with Gasteiger partial charge < -0.3 is 4.18 Å². The molecular formula is C14H13ClO2S. The monoisotopic (exact) mass is 280 g/mol. The first-order valence-electron chi connectivity index (χ1n) is 5.49. The SMILES string of the molecule is Cc1ccc(C)c(S(=O)Oc2ccc(Cl)cc2)c1. The van der Waals surface area contributed by atoms with E-state index in [0.29, 0.717) is 15.7 Å². The zero-order valence-electron chi connectivity index (χ0n) is 10.1. The average Bonchev–Trinajstić information content (AvgIpc) is 2.35. The van der Waals surface area contributed by atoms with Crippen LogP contribution in [-0.4, -0.2) is 4.21 Å². The predicted octanol–water partition coefficient (Wildman–Crippen LogP) is 4.06. The molecule has 18 heavy (non-hydrogen) atoms. The Morgan fingerprint density at radius 2 is 1.72 bits per heavy atom. The van der Waals surface area contributed by atoms with Crippen LogP contribution in [0.5, 0.6) is 5.75 Å². The van der Waals surface area contributed by atoms with Crippen LogP contribution in [0.15, 0.2) is 47.4 Å². The van der Waals surface area contributed by atoms with E-state index in [2.05, 4.69) is 0 Å². The molecule has 0 spiro atoms. The lowest BCUT2D eigenvalue weighted by atomic mass is 10.2. The maximum absolute atomic E-state index is 12.1. The first-order chi connectivity index (χ1) is 8.56. The molecule has 0 bridgehead atoms. The molecule has 0 saturated carbocycles. The predicted molar refractivity (Wildman–Crippen MR) is 74.4 cm³/mol. The van der Waals surface area contributed by atoms with E-state index in [9.17, 15) is 4.21 Å². The summed E-state index contributed by atoms with van der Waals surface area (Å²) in [5, 5.41) is 0.625. The van der Waals surface area contributed by atoms with Gasteiger partial charge in [0.1, 0.15) is 5.75 Å². The molecule has 0 aliphatic heterocycles. The Labute approximate surface area is 114 Å². The molecular weight excluding hydrogens is 268 g/mol. The van der Waals surface area contributed by atoms with Crippen LogP contribution in [0, 0.1) is 13.8 Å². The second-order valence-electron chi connectivity index (χ2n) is 4.04. The zero-order chi connectivity index (χ0) is 13.1. The molecule has 0 radical (unpaired) electrons. The summed E-state index contributed by atoms with van der Waals surface area (Å²) < 4.78 is 17.5. The van der Waals surface area contributed by atoms with E-state index in [-0.39, 0.29) is 0 Å². The molecule has 2 aromatic rings. The first-order valence-corrected chi connectivity index (χ1v) is 6.94. The Bertz CT molecular complexity index is 579. The fraction of sp³-hybridized carbons (Fsp3) is 0.143. The van der Waals surface area contributed by atoms with Crippen LogP contribution < -0.4 is 4.18 Å². The maximum atomic E-state index is 12.1. The number of hydrogen-bond donors (Lipinski definition) is 0. The van der Waals surface area contributed by atoms with Gasteiger partial charge >= 0.3 is 0 Å². The Balaban J connectivity index is 2.21. The van der Waals surface area contributed by atoms with Crippen LogP contribution in [0.1, 0.15) is 11.1 Å². The highest BCUT2D eigenvalue weighted by Gasteiger charge is 2.10. The van der Waals surface area contributed by atoms with Gasteiger partial charge in [-0.2, -0.15) is 0 Å². The molecule has 94 valence electrons. The Kier molecular flexibility index (Phi) is 4.04. The van der Waals surface area contributed by atoms with Crippen molar-refractivity contribution in [3.63, 3.8) is 0 Å². The van der Waals surface area contributed by atoms with E-state index in [1.165, 1.54) is 0 Å². The summed E-state index contributed by atoms with van der Waals surface area (Å²) >= 11 is 4.27. The quantitative estimate of drug-likeness (QED) is 0.847. The van der Waals surface area contributed by atoms with Gasteiger partial charge in [-0.15, -0.1) is 0 Å². The summed E-state index contributed by atoms with van der Waals surface area (Å²) in [6, 6.07) is 12.6. The standard InChI is InChI=1S/C14H13ClO2S/c1-10-3-4-11(2)14(9-10)18(16)17-13-7-5-12(15)6-8-13/h3-9H,1-2H3. The Hall–Kier alpha value is -1.32. The van der Waals surface area contributed by atoms with Gasteiger partial charge in [-0.1, -0.05) is 23.7 Å². The van der Waals surface area contributed by atoms with Gasteiger partial charge in [-0.3, -0.25) is 0 Å². The molecule has 4 heteroatoms. The van der Waals surface area contributed by atoms with E-state index < -0.39 is 11.1 Å². The fourth-order valence-corrected chi connectivity index (χ4v) is 2.62. The maximum Gasteiger partial charge on any atom is 0.240 e. The fourth-order valence-electron chi connectivity index (χ4n) is 1.51. The third kappa shape index (κ3) is 3.12. The minimum atomic E-state index is -1.51. The van der Waals surface area contributed by atoms with E-state index in [0.717, 1.165) is 11.1 Å². The van der Waals surface area contributed by atoms with Gasteiger partial charge in [-0.05, 0) is 55.3 Å². The number of aryl methyl sites for hydroxylation is 2. The molecule has 0 aliphatic carbocycles. The van der Waals surface area contributed by atoms with Crippen LogP contribution in [0.25, 0.3) is 0 Å². The minimum absolute atomic E-state index is 0.540. The van der Waals surface area contributed by atoms with Crippen LogP contribution in [-0.2, 0) is 11.1 Å². The van der Waals surface area contributed by atoms with Crippen LogP contribution in [0.4, 0.5) is 0 Å². The van der Waals surface area contributed by atoms with Gasteiger partial charge in [0, 0.05) is 5.02 Å². The molecule has 0 aliphatic rings. The number of halogens is 1. The van der Waals surface area contributed by atoms with Gasteiger partial charge in [-0.25, -0.2) is 4.21 Å². The summed E-state index contributed by atoms with van der Waals surface area (Å²) in [6.45, 7) is 3.88. The second kappa shape index (κ2) is 5.55. The molecule has 2 rings (SSSR count). The van der Waals surface area contributed by atoms with Crippen LogP contribution in [0.3, 0.4) is 0 Å². The van der Waals surface area contributed by atoms with Gasteiger partial charge in [0.2, 0.25) is 11.1 Å². The van der Waals surface area contributed by atoms with Crippen molar-refractivity contribution < 1.29 is 8.39 Å². The molecule has 0 fully saturated rings. The molecule has 0 N–H and O–H groups in total. The Morgan fingerprint density at radius 1 is 1.06 bits per heavy atom. The van der Waals surface area contributed by atoms with Crippen LogP contribution in [0.2, 0.25) is 5.02 Å². The highest BCUT2D eigenvalue weighted by Crippen LogP contribution is 2.21. The molecule has 0 aromatic heterocycles. The molecule has 1 unspecified atom stereocenters. The topological polar surface area (TPSA) is 26.3 Å². The molecule has 0 heterocycles. The lowest BCUT2D eigenvalue weighted by molar-refractivity contribution is 0.561. The third-order valence-corrected chi connectivity index (χ3v) is 3.90. The lowest BCUT2D eigenvalue weighted by Crippen LogP contribution is -2.03. The normalized spacial score (nSPS) is 12.2. The van der Waals surface area contributed by atoms with E-state index in [1.807, 2.05) is 32.0 Å². The summed E-state index contributed by atoms with van der Waals surface area (Å²) in [5.74, 6) is 0.540. The summed E-state index contributed by atoms with van der Waals surface area (Å²) in [5.41, 5.74) is 2.01. The first kappa shape index (κ1) is 13.1. The number of rotatable bonds is 3. The average molecular weight is 281 g/mol. The number of benzene rings is 2. The van der Waals surface area contributed by atoms with Crippen molar-refractivity contribution >= 4 is 22.7 Å². The molecule has 0 saturated heterocycles.